The van der Waals surface area contributed by atoms with Gasteiger partial charge in [-0.1, -0.05) is 6.07 Å². The minimum atomic E-state index is -0.905. The number of ketones is 2. The molecule has 0 fully saturated rings. The summed E-state index contributed by atoms with van der Waals surface area (Å²) in [7, 11) is 0. The van der Waals surface area contributed by atoms with Crippen LogP contribution in [0.2, 0.25) is 0 Å². The number of halogens is 1. The topological polar surface area (TPSA) is 76.1 Å². The van der Waals surface area contributed by atoms with Crippen molar-refractivity contribution < 1.29 is 18.8 Å². The molecular weight excluding hydrogens is 287 g/mol. The van der Waals surface area contributed by atoms with Crippen molar-refractivity contribution in [2.24, 2.45) is 0 Å². The number of rotatable bonds is 5. The van der Waals surface area contributed by atoms with Gasteiger partial charge in [0, 0.05) is 11.8 Å². The summed E-state index contributed by atoms with van der Waals surface area (Å²) in [5.74, 6) is -2.53. The van der Waals surface area contributed by atoms with Crippen molar-refractivity contribution in [3.63, 3.8) is 0 Å². The van der Waals surface area contributed by atoms with Gasteiger partial charge in [0.05, 0.1) is 6.42 Å². The van der Waals surface area contributed by atoms with Crippen LogP contribution in [-0.2, 0) is 9.59 Å². The van der Waals surface area contributed by atoms with E-state index in [0.29, 0.717) is 5.56 Å². The Hall–Kier alpha value is -2.89. The van der Waals surface area contributed by atoms with Crippen LogP contribution >= 0.6 is 0 Å². The quantitative estimate of drug-likeness (QED) is 0.522. The second-order valence-corrected chi connectivity index (χ2v) is 4.65. The molecule has 0 spiro atoms. The molecule has 0 aliphatic rings. The number of pyridine rings is 1. The van der Waals surface area contributed by atoms with Gasteiger partial charge in [-0.05, 0) is 42.8 Å². The van der Waals surface area contributed by atoms with Crippen molar-refractivity contribution in [2.45, 2.75) is 13.3 Å². The zero-order valence-electron chi connectivity index (χ0n) is 11.8. The van der Waals surface area contributed by atoms with Gasteiger partial charge in [0.2, 0.25) is 5.78 Å². The van der Waals surface area contributed by atoms with E-state index in [-0.39, 0.29) is 11.4 Å². The summed E-state index contributed by atoms with van der Waals surface area (Å²) < 4.78 is 12.8. The maximum absolute atomic E-state index is 12.8. The number of hydrogen-bond donors (Lipinski definition) is 1. The fraction of sp³-hybridized carbons (Fsp3) is 0.125. The lowest BCUT2D eigenvalue weighted by molar-refractivity contribution is -0.134. The average molecular weight is 300 g/mol. The summed E-state index contributed by atoms with van der Waals surface area (Å²) in [6.45, 7) is 1.73. The van der Waals surface area contributed by atoms with Crippen molar-refractivity contribution in [1.82, 2.24) is 4.98 Å². The second kappa shape index (κ2) is 6.71. The maximum Gasteiger partial charge on any atom is 0.293 e. The number of benzene rings is 1. The van der Waals surface area contributed by atoms with E-state index in [1.165, 1.54) is 18.3 Å². The molecule has 1 amide bonds. The van der Waals surface area contributed by atoms with Gasteiger partial charge >= 0.3 is 0 Å². The Balaban J connectivity index is 1.99. The van der Waals surface area contributed by atoms with Crippen molar-refractivity contribution in [3.05, 3.63) is 59.5 Å². The van der Waals surface area contributed by atoms with E-state index < -0.39 is 29.7 Å². The monoisotopic (exact) mass is 300 g/mol. The van der Waals surface area contributed by atoms with Gasteiger partial charge in [-0.2, -0.15) is 0 Å². The molecule has 0 unspecified atom stereocenters. The van der Waals surface area contributed by atoms with Crippen LogP contribution in [0.5, 0.6) is 0 Å². The number of amides is 1. The highest BCUT2D eigenvalue weighted by Crippen LogP contribution is 2.10. The van der Waals surface area contributed by atoms with E-state index in [1.54, 1.807) is 19.1 Å². The average Bonchev–Trinajstić information content (AvgIpc) is 2.50. The fourth-order valence-electron chi connectivity index (χ4n) is 1.76. The van der Waals surface area contributed by atoms with Crippen LogP contribution in [0.15, 0.2) is 42.6 Å². The predicted octanol–water partition coefficient (Wildman–Crippen LogP) is 2.31. The normalized spacial score (nSPS) is 10.1. The summed E-state index contributed by atoms with van der Waals surface area (Å²) >= 11 is 0. The number of hydrogen-bond acceptors (Lipinski definition) is 4. The molecule has 0 saturated heterocycles. The fourth-order valence-corrected chi connectivity index (χ4v) is 1.76. The minimum Gasteiger partial charge on any atom is -0.304 e. The number of aryl methyl sites for hydroxylation is 1. The van der Waals surface area contributed by atoms with E-state index in [2.05, 4.69) is 10.3 Å². The van der Waals surface area contributed by atoms with Crippen molar-refractivity contribution >= 4 is 23.3 Å². The number of nitrogens with zero attached hydrogens (tertiary/aromatic N) is 1. The lowest BCUT2D eigenvalue weighted by Gasteiger charge is -2.06. The van der Waals surface area contributed by atoms with E-state index in [1.807, 2.05) is 0 Å². The van der Waals surface area contributed by atoms with Crippen molar-refractivity contribution in [1.29, 1.82) is 0 Å². The van der Waals surface area contributed by atoms with Gasteiger partial charge in [0.15, 0.2) is 5.78 Å². The van der Waals surface area contributed by atoms with E-state index >= 15 is 0 Å². The number of anilines is 1. The number of carbonyl (C=O) groups is 3. The first-order valence-corrected chi connectivity index (χ1v) is 6.52. The van der Waals surface area contributed by atoms with Gasteiger partial charge in [-0.15, -0.1) is 0 Å². The molecule has 0 radical (unpaired) electrons. The summed E-state index contributed by atoms with van der Waals surface area (Å²) in [6.07, 6.45) is 0.903. The minimum absolute atomic E-state index is 0.177. The molecular formula is C16H13FN2O3. The van der Waals surface area contributed by atoms with Crippen LogP contribution in [0.25, 0.3) is 0 Å². The molecule has 0 atom stereocenters. The van der Waals surface area contributed by atoms with E-state index in [0.717, 1.165) is 12.1 Å². The highest BCUT2D eigenvalue weighted by Gasteiger charge is 2.19. The lowest BCUT2D eigenvalue weighted by atomic mass is 10.1. The second-order valence-electron chi connectivity index (χ2n) is 4.65. The first-order valence-electron chi connectivity index (χ1n) is 6.52. The zero-order chi connectivity index (χ0) is 16.1. The molecule has 22 heavy (non-hydrogen) atoms. The molecule has 112 valence electrons. The number of nitrogens with one attached hydrogen (secondary N) is 1. The molecule has 1 N–H and O–H groups in total. The standard InChI is InChI=1S/C16H13FN2O3/c1-10-3-2-8-18-15(10)19-16(22)14(21)9-13(20)11-4-6-12(17)7-5-11/h2-8H,9H2,1H3,(H,18,19,22). The van der Waals surface area contributed by atoms with Gasteiger partial charge in [0.1, 0.15) is 11.6 Å². The summed E-state index contributed by atoms with van der Waals surface area (Å²) in [6, 6.07) is 8.21. The number of aromatic nitrogens is 1. The molecule has 1 aromatic carbocycles. The molecule has 2 rings (SSSR count). The highest BCUT2D eigenvalue weighted by atomic mass is 19.1. The summed E-state index contributed by atoms with van der Waals surface area (Å²) in [5, 5.41) is 2.36. The van der Waals surface area contributed by atoms with Gasteiger partial charge in [-0.25, -0.2) is 9.37 Å². The Labute approximate surface area is 126 Å². The van der Waals surface area contributed by atoms with Crippen LogP contribution in [-0.4, -0.2) is 22.5 Å². The third-order valence-corrected chi connectivity index (χ3v) is 2.98. The largest absolute Gasteiger partial charge is 0.304 e. The van der Waals surface area contributed by atoms with Crippen LogP contribution < -0.4 is 5.32 Å². The first-order chi connectivity index (χ1) is 10.5. The Bertz CT molecular complexity index is 726. The van der Waals surface area contributed by atoms with E-state index in [4.69, 9.17) is 0 Å². The number of Topliss-reactive ketones (excluding diaryl/α,β-unsaturated/α-hetero) is 2. The molecule has 0 bridgehead atoms. The Morgan fingerprint density at radius 2 is 1.82 bits per heavy atom. The Morgan fingerprint density at radius 3 is 2.45 bits per heavy atom. The zero-order valence-corrected chi connectivity index (χ0v) is 11.8. The van der Waals surface area contributed by atoms with Crippen LogP contribution in [0.4, 0.5) is 10.2 Å². The Morgan fingerprint density at radius 1 is 1.14 bits per heavy atom. The molecule has 6 heteroatoms. The molecule has 1 heterocycles. The molecule has 1 aromatic heterocycles. The molecule has 2 aromatic rings. The molecule has 5 nitrogen and oxygen atoms in total. The van der Waals surface area contributed by atoms with E-state index in [9.17, 15) is 18.8 Å². The SMILES string of the molecule is Cc1cccnc1NC(=O)C(=O)CC(=O)c1ccc(F)cc1. The summed E-state index contributed by atoms with van der Waals surface area (Å²) in [5.41, 5.74) is 0.880. The predicted molar refractivity (Wildman–Crippen MR) is 78.0 cm³/mol. The lowest BCUT2D eigenvalue weighted by Crippen LogP contribution is -2.25. The van der Waals surface area contributed by atoms with Crippen LogP contribution in [0.1, 0.15) is 22.3 Å². The Kier molecular flexibility index (Phi) is 4.73. The van der Waals surface area contributed by atoms with Gasteiger partial charge < -0.3 is 5.32 Å². The smallest absolute Gasteiger partial charge is 0.293 e. The third-order valence-electron chi connectivity index (χ3n) is 2.98. The van der Waals surface area contributed by atoms with Crippen LogP contribution in [0, 0.1) is 12.7 Å². The molecule has 0 aliphatic heterocycles. The molecule has 0 saturated carbocycles. The van der Waals surface area contributed by atoms with Gasteiger partial charge in [-0.3, -0.25) is 14.4 Å². The third kappa shape index (κ3) is 3.82. The summed E-state index contributed by atoms with van der Waals surface area (Å²) in [4.78, 5) is 39.3. The van der Waals surface area contributed by atoms with Crippen molar-refractivity contribution in [3.8, 4) is 0 Å². The highest BCUT2D eigenvalue weighted by molar-refractivity contribution is 6.43. The van der Waals surface area contributed by atoms with Gasteiger partial charge in [0.25, 0.3) is 5.91 Å². The number of carbonyl (C=O) groups excluding carboxylic acids is 3. The maximum atomic E-state index is 12.8. The molecule has 0 aliphatic carbocycles. The van der Waals surface area contributed by atoms with Crippen molar-refractivity contribution in [2.75, 3.05) is 5.32 Å². The first kappa shape index (κ1) is 15.5. The van der Waals surface area contributed by atoms with Crippen LogP contribution in [0.3, 0.4) is 0 Å².